The van der Waals surface area contributed by atoms with E-state index in [-0.39, 0.29) is 0 Å². The van der Waals surface area contributed by atoms with E-state index >= 15 is 0 Å². The topological polar surface area (TPSA) is 56.7 Å². The Balaban J connectivity index is 2.21. The third-order valence-corrected chi connectivity index (χ3v) is 3.18. The summed E-state index contributed by atoms with van der Waals surface area (Å²) in [5.41, 5.74) is 8.78. The van der Waals surface area contributed by atoms with Gasteiger partial charge in [0.25, 0.3) is 0 Å². The van der Waals surface area contributed by atoms with Crippen LogP contribution in [0.4, 0.5) is 5.82 Å². The summed E-state index contributed by atoms with van der Waals surface area (Å²) in [5.74, 6) is 0.660. The van der Waals surface area contributed by atoms with Crippen molar-refractivity contribution in [2.24, 2.45) is 7.05 Å². The Bertz CT molecular complexity index is 708. The van der Waals surface area contributed by atoms with Crippen LogP contribution < -0.4 is 5.73 Å². The van der Waals surface area contributed by atoms with Crippen molar-refractivity contribution in [1.29, 1.82) is 0 Å². The highest BCUT2D eigenvalue weighted by Crippen LogP contribution is 2.25. The minimum absolute atomic E-state index is 0.660. The maximum Gasteiger partial charge on any atom is 0.121 e. The number of benzene rings is 1. The molecule has 0 radical (unpaired) electrons. The molecular weight excluding hydrogens is 224 g/mol. The summed E-state index contributed by atoms with van der Waals surface area (Å²) in [6.45, 7) is 2.01. The van der Waals surface area contributed by atoms with Gasteiger partial charge in [0.1, 0.15) is 5.82 Å². The van der Waals surface area contributed by atoms with E-state index in [1.54, 1.807) is 4.68 Å². The van der Waals surface area contributed by atoms with E-state index in [0.717, 1.165) is 22.3 Å². The molecule has 0 aliphatic rings. The second-order valence-electron chi connectivity index (χ2n) is 4.41. The molecule has 18 heavy (non-hydrogen) atoms. The quantitative estimate of drug-likeness (QED) is 0.708. The highest BCUT2D eigenvalue weighted by atomic mass is 15.3. The number of nitrogens with two attached hydrogens (primary N) is 1. The van der Waals surface area contributed by atoms with Crippen molar-refractivity contribution in [2.45, 2.75) is 6.92 Å². The van der Waals surface area contributed by atoms with Crippen LogP contribution in [0, 0.1) is 6.92 Å². The molecule has 0 aliphatic carbocycles. The summed E-state index contributed by atoms with van der Waals surface area (Å²) in [4.78, 5) is 4.31. The van der Waals surface area contributed by atoms with Crippen molar-refractivity contribution in [3.8, 4) is 11.3 Å². The molecule has 3 rings (SSSR count). The van der Waals surface area contributed by atoms with E-state index in [1.807, 2.05) is 32.3 Å². The third-order valence-electron chi connectivity index (χ3n) is 3.18. The lowest BCUT2D eigenvalue weighted by atomic mass is 10.0. The molecule has 0 fully saturated rings. The first-order valence-corrected chi connectivity index (χ1v) is 5.80. The molecule has 0 bridgehead atoms. The van der Waals surface area contributed by atoms with E-state index in [0.29, 0.717) is 5.82 Å². The van der Waals surface area contributed by atoms with Gasteiger partial charge in [0, 0.05) is 36.0 Å². The van der Waals surface area contributed by atoms with Crippen LogP contribution in [0.15, 0.2) is 36.5 Å². The van der Waals surface area contributed by atoms with Gasteiger partial charge in [-0.05, 0) is 24.4 Å². The molecule has 3 aromatic rings. The van der Waals surface area contributed by atoms with Crippen molar-refractivity contribution >= 4 is 16.6 Å². The molecule has 0 atom stereocenters. The monoisotopic (exact) mass is 238 g/mol. The largest absolute Gasteiger partial charge is 0.384 e. The predicted octanol–water partition coefficient (Wildman–Crippen LogP) is 2.53. The summed E-state index contributed by atoms with van der Waals surface area (Å²) in [7, 11) is 1.84. The van der Waals surface area contributed by atoms with Gasteiger partial charge in [-0.2, -0.15) is 5.10 Å². The van der Waals surface area contributed by atoms with Crippen molar-refractivity contribution < 1.29 is 0 Å². The Morgan fingerprint density at radius 3 is 2.72 bits per heavy atom. The summed E-state index contributed by atoms with van der Waals surface area (Å²) in [6, 6.07) is 10.2. The van der Waals surface area contributed by atoms with Crippen LogP contribution in [0.25, 0.3) is 22.0 Å². The number of rotatable bonds is 1. The van der Waals surface area contributed by atoms with Crippen molar-refractivity contribution in [3.05, 3.63) is 42.2 Å². The van der Waals surface area contributed by atoms with Crippen molar-refractivity contribution in [3.63, 3.8) is 0 Å². The van der Waals surface area contributed by atoms with Gasteiger partial charge in [0.2, 0.25) is 0 Å². The molecule has 0 amide bonds. The Hall–Kier alpha value is -2.36. The Morgan fingerprint density at radius 2 is 2.00 bits per heavy atom. The van der Waals surface area contributed by atoms with Gasteiger partial charge in [0.15, 0.2) is 0 Å². The number of nitrogen functional groups attached to an aromatic ring is 1. The lowest BCUT2D eigenvalue weighted by Gasteiger charge is -2.03. The van der Waals surface area contributed by atoms with Crippen LogP contribution >= 0.6 is 0 Å². The fourth-order valence-corrected chi connectivity index (χ4v) is 2.10. The zero-order chi connectivity index (χ0) is 12.7. The van der Waals surface area contributed by atoms with Gasteiger partial charge >= 0.3 is 0 Å². The smallest absolute Gasteiger partial charge is 0.121 e. The van der Waals surface area contributed by atoms with E-state index < -0.39 is 0 Å². The number of anilines is 1. The van der Waals surface area contributed by atoms with Crippen molar-refractivity contribution in [2.75, 3.05) is 5.73 Å². The second-order valence-corrected chi connectivity index (χ2v) is 4.41. The van der Waals surface area contributed by atoms with Gasteiger partial charge in [0.05, 0.1) is 5.69 Å². The second kappa shape index (κ2) is 3.84. The standard InChI is InChI=1S/C14H14N4/c1-9-12-7-11(4-3-10(12)5-6-16-9)13-8-14(15)18(2)17-13/h3-8H,15H2,1-2H3. The van der Waals surface area contributed by atoms with E-state index in [9.17, 15) is 0 Å². The first-order chi connectivity index (χ1) is 8.65. The highest BCUT2D eigenvalue weighted by molar-refractivity contribution is 5.88. The van der Waals surface area contributed by atoms with Crippen LogP contribution in [0.2, 0.25) is 0 Å². The Labute approximate surface area is 105 Å². The number of fused-ring (bicyclic) bond motifs is 1. The highest BCUT2D eigenvalue weighted by Gasteiger charge is 2.06. The summed E-state index contributed by atoms with van der Waals surface area (Å²) < 4.78 is 1.68. The molecule has 4 nitrogen and oxygen atoms in total. The first-order valence-electron chi connectivity index (χ1n) is 5.80. The molecule has 2 aromatic heterocycles. The SMILES string of the molecule is Cc1nccc2ccc(-c3cc(N)n(C)n3)cc12. The molecule has 4 heteroatoms. The fraction of sp³-hybridized carbons (Fsp3) is 0.143. The molecule has 0 aliphatic heterocycles. The van der Waals surface area contributed by atoms with Crippen LogP contribution in [0.1, 0.15) is 5.69 Å². The lowest BCUT2D eigenvalue weighted by Crippen LogP contribution is -1.96. The minimum Gasteiger partial charge on any atom is -0.384 e. The van der Waals surface area contributed by atoms with Crippen LogP contribution in [-0.2, 0) is 7.05 Å². The van der Waals surface area contributed by atoms with Gasteiger partial charge in [-0.1, -0.05) is 12.1 Å². The zero-order valence-electron chi connectivity index (χ0n) is 10.4. The normalized spacial score (nSPS) is 11.0. The number of aromatic nitrogens is 3. The number of pyridine rings is 1. The molecule has 2 N–H and O–H groups in total. The van der Waals surface area contributed by atoms with Gasteiger partial charge in [-0.3, -0.25) is 9.67 Å². The summed E-state index contributed by atoms with van der Waals surface area (Å²) in [5, 5.41) is 6.73. The minimum atomic E-state index is 0.660. The molecule has 2 heterocycles. The number of hydrogen-bond donors (Lipinski definition) is 1. The molecule has 0 saturated heterocycles. The average molecular weight is 238 g/mol. The number of aryl methyl sites for hydroxylation is 2. The van der Waals surface area contributed by atoms with Crippen molar-refractivity contribution in [1.82, 2.24) is 14.8 Å². The zero-order valence-corrected chi connectivity index (χ0v) is 10.4. The molecular formula is C14H14N4. The third kappa shape index (κ3) is 1.62. The summed E-state index contributed by atoms with van der Waals surface area (Å²) >= 11 is 0. The average Bonchev–Trinajstić information content (AvgIpc) is 2.70. The van der Waals surface area contributed by atoms with E-state index in [2.05, 4.69) is 28.3 Å². The maximum absolute atomic E-state index is 5.81. The van der Waals surface area contributed by atoms with Gasteiger partial charge in [-0.15, -0.1) is 0 Å². The molecule has 0 spiro atoms. The Kier molecular flexibility index (Phi) is 2.30. The number of hydrogen-bond acceptors (Lipinski definition) is 3. The number of nitrogens with zero attached hydrogens (tertiary/aromatic N) is 3. The van der Waals surface area contributed by atoms with Crippen LogP contribution in [-0.4, -0.2) is 14.8 Å². The fourth-order valence-electron chi connectivity index (χ4n) is 2.10. The van der Waals surface area contributed by atoms with E-state index in [4.69, 9.17) is 5.73 Å². The molecule has 1 aromatic carbocycles. The molecule has 90 valence electrons. The van der Waals surface area contributed by atoms with Crippen LogP contribution in [0.5, 0.6) is 0 Å². The Morgan fingerprint density at radius 1 is 1.17 bits per heavy atom. The maximum atomic E-state index is 5.81. The lowest BCUT2D eigenvalue weighted by molar-refractivity contribution is 0.782. The molecule has 0 unspecified atom stereocenters. The molecule has 0 saturated carbocycles. The van der Waals surface area contributed by atoms with Gasteiger partial charge < -0.3 is 5.73 Å². The van der Waals surface area contributed by atoms with Crippen LogP contribution in [0.3, 0.4) is 0 Å². The summed E-state index contributed by atoms with van der Waals surface area (Å²) in [6.07, 6.45) is 1.83. The first kappa shape index (κ1) is 10.8. The van der Waals surface area contributed by atoms with E-state index in [1.165, 1.54) is 5.39 Å². The van der Waals surface area contributed by atoms with Gasteiger partial charge in [-0.25, -0.2) is 0 Å². The predicted molar refractivity (Wildman–Crippen MR) is 73.1 cm³/mol.